The van der Waals surface area contributed by atoms with Crippen LogP contribution in [0.4, 0.5) is 0 Å². The molecule has 0 aliphatic carbocycles. The van der Waals surface area contributed by atoms with Gasteiger partial charge in [-0.25, -0.2) is 0 Å². The molecule has 0 spiro atoms. The maximum absolute atomic E-state index is 11.9. The summed E-state index contributed by atoms with van der Waals surface area (Å²) in [7, 11) is 0. The van der Waals surface area contributed by atoms with Crippen molar-refractivity contribution in [2.45, 2.75) is 210 Å². The van der Waals surface area contributed by atoms with Crippen molar-refractivity contribution in [1.29, 1.82) is 0 Å². The Hall–Kier alpha value is -3.42. The first kappa shape index (κ1) is 64.6. The van der Waals surface area contributed by atoms with E-state index in [0.29, 0.717) is 83.1 Å². The van der Waals surface area contributed by atoms with Gasteiger partial charge in [-0.3, -0.25) is 28.8 Å². The molecule has 0 aromatic carbocycles. The number of unbranched alkanes of at least 4 members (excludes halogenated alkanes) is 1. The van der Waals surface area contributed by atoms with Gasteiger partial charge in [0.05, 0.1) is 98.0 Å². The Bertz CT molecular complexity index is 1410. The summed E-state index contributed by atoms with van der Waals surface area (Å²) < 4.78 is 64.2. The quantitative estimate of drug-likeness (QED) is 0.0507. The van der Waals surface area contributed by atoms with Crippen LogP contribution in [0.5, 0.6) is 0 Å². The Kier molecular flexibility index (Phi) is 36.1. The lowest BCUT2D eigenvalue weighted by Gasteiger charge is -2.33. The van der Waals surface area contributed by atoms with Gasteiger partial charge in [0.1, 0.15) is 18.3 Å². The Morgan fingerprint density at radius 1 is 0.429 bits per heavy atom. The average Bonchev–Trinajstić information content (AvgIpc) is 3.31. The second-order valence-corrected chi connectivity index (χ2v) is 19.6. The molecule has 0 amide bonds. The minimum atomic E-state index is -0.430. The molecule has 1 unspecified atom stereocenters. The molecule has 3 fully saturated rings. The molecule has 0 aromatic rings. The van der Waals surface area contributed by atoms with Gasteiger partial charge in [0, 0.05) is 11.8 Å². The zero-order valence-electron chi connectivity index (χ0n) is 44.7. The van der Waals surface area contributed by atoms with Crippen LogP contribution in [-0.4, -0.2) is 132 Å². The lowest BCUT2D eigenvalue weighted by molar-refractivity contribution is -0.245. The van der Waals surface area contributed by atoms with Gasteiger partial charge >= 0.3 is 35.8 Å². The topological polar surface area (TPSA) is 213 Å². The van der Waals surface area contributed by atoms with E-state index >= 15 is 0 Å². The molecule has 0 bridgehead atoms. The maximum atomic E-state index is 11.9. The van der Waals surface area contributed by atoms with Crippen LogP contribution in [0.1, 0.15) is 172 Å². The highest BCUT2D eigenvalue weighted by molar-refractivity contribution is 5.79. The highest BCUT2D eigenvalue weighted by Gasteiger charge is 2.31. The van der Waals surface area contributed by atoms with E-state index in [4.69, 9.17) is 56.8 Å². The summed E-state index contributed by atoms with van der Waals surface area (Å²) in [6.07, 6.45) is 7.04. The van der Waals surface area contributed by atoms with Crippen LogP contribution in [0.25, 0.3) is 0 Å². The highest BCUT2D eigenvalue weighted by atomic mass is 16.7. The Balaban J connectivity index is 0.000000528. The molecule has 3 aliphatic rings. The zero-order chi connectivity index (χ0) is 52.3. The lowest BCUT2D eigenvalue weighted by atomic mass is 9.98. The fraction of sp³-hybridized carbons (Fsp3) is 0.885. The molecule has 0 saturated carbocycles. The van der Waals surface area contributed by atoms with Crippen LogP contribution >= 0.6 is 0 Å². The van der Waals surface area contributed by atoms with Gasteiger partial charge in [0.2, 0.25) is 0 Å². The van der Waals surface area contributed by atoms with Crippen LogP contribution in [0.2, 0.25) is 0 Å². The van der Waals surface area contributed by atoms with Crippen molar-refractivity contribution in [2.24, 2.45) is 29.6 Å². The standard InChI is InChI=1S/C20H36O6.2C16H28O6/c1-5-7-8-16(6-2)20-24-13-17(14-25-20)26-19(22)10-9-18(21)23-12-11-15(3)4;1-11(2)7-8-19-14(17)5-6-15(18)22-13-9-20-16(12(3)4)21-10-13;1-4-5-16-20-10-13(11-21-16)22-15(18)7-6-14(17)19-9-8-12(2)3/h15-17,20H,5-14H2,1-4H3;11-13,16H,5-10H2,1-4H3;12-13,16H,4-11H2,1-3H3. The number of esters is 6. The summed E-state index contributed by atoms with van der Waals surface area (Å²) in [5, 5.41) is 0. The normalized spacial score (nSPS) is 21.6. The summed E-state index contributed by atoms with van der Waals surface area (Å²) in [6, 6.07) is 0. The first-order valence-corrected chi connectivity index (χ1v) is 26.1. The van der Waals surface area contributed by atoms with Crippen LogP contribution in [0.3, 0.4) is 0 Å². The van der Waals surface area contributed by atoms with E-state index < -0.39 is 36.2 Å². The first-order valence-electron chi connectivity index (χ1n) is 26.1. The summed E-state index contributed by atoms with van der Waals surface area (Å²) in [6.45, 7) is 26.0. The summed E-state index contributed by atoms with van der Waals surface area (Å²) in [5.74, 6) is -0.265. The fourth-order valence-corrected chi connectivity index (χ4v) is 6.58. The third-order valence-corrected chi connectivity index (χ3v) is 11.0. The molecule has 3 rings (SSSR count). The van der Waals surface area contributed by atoms with Gasteiger partial charge in [0.15, 0.2) is 18.9 Å². The molecule has 1 atom stereocenters. The number of hydrogen-bond acceptors (Lipinski definition) is 18. The number of rotatable bonds is 29. The van der Waals surface area contributed by atoms with Gasteiger partial charge < -0.3 is 56.8 Å². The minimum absolute atomic E-state index is 0.0185. The first-order chi connectivity index (χ1) is 33.3. The molecule has 3 aliphatic heterocycles. The van der Waals surface area contributed by atoms with Crippen molar-refractivity contribution in [3.8, 4) is 0 Å². The van der Waals surface area contributed by atoms with Gasteiger partial charge in [0.25, 0.3) is 0 Å². The Morgan fingerprint density at radius 2 is 0.757 bits per heavy atom. The van der Waals surface area contributed by atoms with E-state index in [0.717, 1.165) is 57.8 Å². The van der Waals surface area contributed by atoms with Crippen LogP contribution < -0.4 is 0 Å². The Labute approximate surface area is 419 Å². The number of ether oxygens (including phenoxy) is 12. The smallest absolute Gasteiger partial charge is 0.306 e. The van der Waals surface area contributed by atoms with Crippen LogP contribution in [0.15, 0.2) is 0 Å². The van der Waals surface area contributed by atoms with Gasteiger partial charge in [-0.2, -0.15) is 0 Å². The van der Waals surface area contributed by atoms with E-state index in [1.165, 1.54) is 0 Å². The molecular weight excluding hydrogens is 913 g/mol. The molecule has 70 heavy (non-hydrogen) atoms. The molecule has 0 radical (unpaired) electrons. The van der Waals surface area contributed by atoms with E-state index in [9.17, 15) is 28.8 Å². The van der Waals surface area contributed by atoms with E-state index in [1.807, 2.05) is 13.8 Å². The molecule has 408 valence electrons. The zero-order valence-corrected chi connectivity index (χ0v) is 44.7. The van der Waals surface area contributed by atoms with Gasteiger partial charge in [-0.05, 0) is 56.3 Å². The lowest BCUT2D eigenvalue weighted by Crippen LogP contribution is -2.41. The number of carbonyl (C=O) groups excluding carboxylic acids is 6. The van der Waals surface area contributed by atoms with Crippen molar-refractivity contribution in [2.75, 3.05) is 59.5 Å². The summed E-state index contributed by atoms with van der Waals surface area (Å²) in [4.78, 5) is 69.7. The van der Waals surface area contributed by atoms with E-state index in [1.54, 1.807) is 0 Å². The molecule has 0 N–H and O–H groups in total. The number of carbonyl (C=O) groups is 6. The van der Waals surface area contributed by atoms with Crippen molar-refractivity contribution >= 4 is 35.8 Å². The van der Waals surface area contributed by atoms with Crippen molar-refractivity contribution in [1.82, 2.24) is 0 Å². The van der Waals surface area contributed by atoms with Crippen molar-refractivity contribution in [3.63, 3.8) is 0 Å². The van der Waals surface area contributed by atoms with Gasteiger partial charge in [-0.15, -0.1) is 0 Å². The largest absolute Gasteiger partial charge is 0.466 e. The van der Waals surface area contributed by atoms with E-state index in [2.05, 4.69) is 62.3 Å². The average molecular weight is 1010 g/mol. The Morgan fingerprint density at radius 3 is 1.06 bits per heavy atom. The van der Waals surface area contributed by atoms with E-state index in [-0.39, 0.29) is 81.2 Å². The van der Waals surface area contributed by atoms with Crippen LogP contribution in [-0.2, 0) is 85.6 Å². The summed E-state index contributed by atoms with van der Waals surface area (Å²) in [5.41, 5.74) is 0. The molecule has 18 heteroatoms. The third-order valence-electron chi connectivity index (χ3n) is 11.0. The maximum Gasteiger partial charge on any atom is 0.306 e. The monoisotopic (exact) mass is 1000 g/mol. The molecule has 0 aromatic heterocycles. The predicted molar refractivity (Wildman–Crippen MR) is 259 cm³/mol. The predicted octanol–water partition coefficient (Wildman–Crippen LogP) is 8.59. The molecule has 18 nitrogen and oxygen atoms in total. The molecule has 3 saturated heterocycles. The number of hydrogen-bond donors (Lipinski definition) is 0. The second-order valence-electron chi connectivity index (χ2n) is 19.6. The van der Waals surface area contributed by atoms with Crippen molar-refractivity contribution < 1.29 is 85.6 Å². The van der Waals surface area contributed by atoms with Crippen molar-refractivity contribution in [3.05, 3.63) is 0 Å². The minimum Gasteiger partial charge on any atom is -0.466 e. The fourth-order valence-electron chi connectivity index (χ4n) is 6.58. The SMILES string of the molecule is CC(C)CCOC(=O)CCC(=O)OC1COC(C(C)C)OC1.CCCC1OCC(OC(=O)CCC(=O)OCCC(C)C)CO1.CCCCC(CC)C1OCC(OC(=O)CCC(=O)OCCC(C)C)CO1. The molecule has 3 heterocycles. The molecular formula is C52H92O18. The van der Waals surface area contributed by atoms with Gasteiger partial charge in [-0.1, -0.05) is 95.4 Å². The summed E-state index contributed by atoms with van der Waals surface area (Å²) >= 11 is 0. The third kappa shape index (κ3) is 33.3. The highest BCUT2D eigenvalue weighted by Crippen LogP contribution is 2.24. The van der Waals surface area contributed by atoms with Crippen LogP contribution in [0, 0.1) is 29.6 Å². The second kappa shape index (κ2) is 39.2.